The van der Waals surface area contributed by atoms with Crippen LogP contribution in [0.25, 0.3) is 0 Å². The third kappa shape index (κ3) is 5.98. The number of nitrogens with zero attached hydrogens (tertiary/aromatic N) is 1. The molecule has 0 radical (unpaired) electrons. The molecule has 0 saturated heterocycles. The fourth-order valence-electron chi connectivity index (χ4n) is 2.15. The highest BCUT2D eigenvalue weighted by Crippen LogP contribution is 2.31. The number of ether oxygens (including phenoxy) is 1. The molecule has 2 rings (SSSR count). The van der Waals surface area contributed by atoms with Crippen molar-refractivity contribution in [1.29, 1.82) is 0 Å². The van der Waals surface area contributed by atoms with Gasteiger partial charge in [0.1, 0.15) is 11.4 Å². The minimum Gasteiger partial charge on any atom is -0.452 e. The van der Waals surface area contributed by atoms with E-state index in [1.54, 1.807) is 13.8 Å². The lowest BCUT2D eigenvalue weighted by atomic mass is 10.2. The normalized spacial score (nSPS) is 11.2. The molecule has 2 N–H and O–H groups in total. The van der Waals surface area contributed by atoms with Crippen molar-refractivity contribution in [2.24, 2.45) is 0 Å². The summed E-state index contributed by atoms with van der Waals surface area (Å²) in [7, 11) is 0. The molecule has 9 heteroatoms. The molecule has 1 aromatic heterocycles. The Balaban J connectivity index is 2.14. The second-order valence-corrected chi connectivity index (χ2v) is 5.90. The van der Waals surface area contributed by atoms with Crippen molar-refractivity contribution in [3.63, 3.8) is 0 Å². The first kappa shape index (κ1) is 20.2. The van der Waals surface area contributed by atoms with Crippen molar-refractivity contribution in [1.82, 2.24) is 10.3 Å². The molecule has 1 heterocycles. The molecule has 2 aromatic rings. The summed E-state index contributed by atoms with van der Waals surface area (Å²) in [6, 6.07) is 7.25. The quantitative estimate of drug-likeness (QED) is 0.749. The standard InChI is InChI=1S/C18H18F3N3O3/c1-11(2)23-15(25)10-27-17(26)14-7-4-8-22-16(14)24-13-6-3-5-12(9-13)18(19,20)21/h3-9,11H,10H2,1-2H3,(H,22,24)(H,23,25). The van der Waals surface area contributed by atoms with Gasteiger partial charge in [0.05, 0.1) is 5.56 Å². The number of anilines is 2. The lowest BCUT2D eigenvalue weighted by Gasteiger charge is -2.13. The molecule has 0 bridgehead atoms. The van der Waals surface area contributed by atoms with E-state index in [-0.39, 0.29) is 23.1 Å². The molecule has 27 heavy (non-hydrogen) atoms. The molecule has 144 valence electrons. The molecular formula is C18H18F3N3O3. The summed E-state index contributed by atoms with van der Waals surface area (Å²) in [5, 5.41) is 5.24. The number of benzene rings is 1. The van der Waals surface area contributed by atoms with E-state index in [9.17, 15) is 22.8 Å². The van der Waals surface area contributed by atoms with Gasteiger partial charge in [-0.1, -0.05) is 6.07 Å². The van der Waals surface area contributed by atoms with E-state index in [1.807, 2.05) is 0 Å². The minimum absolute atomic E-state index is 0.00717. The van der Waals surface area contributed by atoms with Crippen molar-refractivity contribution >= 4 is 23.4 Å². The van der Waals surface area contributed by atoms with Crippen molar-refractivity contribution < 1.29 is 27.5 Å². The highest BCUT2D eigenvalue weighted by molar-refractivity contribution is 5.96. The van der Waals surface area contributed by atoms with Crippen LogP contribution in [0.1, 0.15) is 29.8 Å². The van der Waals surface area contributed by atoms with Crippen LogP contribution in [-0.2, 0) is 15.7 Å². The predicted molar refractivity (Wildman–Crippen MR) is 92.5 cm³/mol. The van der Waals surface area contributed by atoms with Crippen LogP contribution >= 0.6 is 0 Å². The first-order chi connectivity index (χ1) is 12.7. The molecule has 0 spiro atoms. The zero-order valence-corrected chi connectivity index (χ0v) is 14.6. The van der Waals surface area contributed by atoms with Crippen molar-refractivity contribution in [3.05, 3.63) is 53.7 Å². The van der Waals surface area contributed by atoms with E-state index in [0.29, 0.717) is 0 Å². The lowest BCUT2D eigenvalue weighted by Crippen LogP contribution is -2.34. The predicted octanol–water partition coefficient (Wildman–Crippen LogP) is 3.53. The largest absolute Gasteiger partial charge is 0.452 e. The number of amides is 1. The Morgan fingerprint density at radius 3 is 2.59 bits per heavy atom. The molecule has 0 saturated carbocycles. The number of carbonyl (C=O) groups excluding carboxylic acids is 2. The Labute approximate surface area is 153 Å². The zero-order valence-electron chi connectivity index (χ0n) is 14.6. The number of pyridine rings is 1. The van der Waals surface area contributed by atoms with Crippen LogP contribution in [0.15, 0.2) is 42.6 Å². The summed E-state index contributed by atoms with van der Waals surface area (Å²) in [5.74, 6) is -1.27. The van der Waals surface area contributed by atoms with Crippen molar-refractivity contribution in [2.45, 2.75) is 26.1 Å². The maximum atomic E-state index is 12.8. The van der Waals surface area contributed by atoms with Crippen LogP contribution < -0.4 is 10.6 Å². The fraction of sp³-hybridized carbons (Fsp3) is 0.278. The smallest absolute Gasteiger partial charge is 0.416 e. The fourth-order valence-corrected chi connectivity index (χ4v) is 2.15. The summed E-state index contributed by atoms with van der Waals surface area (Å²) in [5.41, 5.74) is -0.736. The second kappa shape index (κ2) is 8.52. The monoisotopic (exact) mass is 381 g/mol. The maximum Gasteiger partial charge on any atom is 0.416 e. The summed E-state index contributed by atoms with van der Waals surface area (Å²) >= 11 is 0. The number of rotatable bonds is 6. The van der Waals surface area contributed by atoms with Gasteiger partial charge in [0, 0.05) is 17.9 Å². The van der Waals surface area contributed by atoms with Crippen molar-refractivity contribution in [3.8, 4) is 0 Å². The number of nitrogens with one attached hydrogen (secondary N) is 2. The van der Waals surface area contributed by atoms with Crippen LogP contribution in [-0.4, -0.2) is 29.5 Å². The molecule has 6 nitrogen and oxygen atoms in total. The first-order valence-corrected chi connectivity index (χ1v) is 8.02. The molecule has 1 aromatic carbocycles. The molecule has 0 fully saturated rings. The molecule has 0 aliphatic rings. The van der Waals surface area contributed by atoms with E-state index in [1.165, 1.54) is 30.5 Å². The summed E-state index contributed by atoms with van der Waals surface area (Å²) in [4.78, 5) is 27.7. The third-order valence-corrected chi connectivity index (χ3v) is 3.26. The van der Waals surface area contributed by atoms with Crippen molar-refractivity contribution in [2.75, 3.05) is 11.9 Å². The number of hydrogen-bond donors (Lipinski definition) is 2. The van der Waals surface area contributed by atoms with Gasteiger partial charge in [-0.25, -0.2) is 9.78 Å². The Bertz CT molecular complexity index is 823. The number of aromatic nitrogens is 1. The van der Waals surface area contributed by atoms with Crippen LogP contribution in [0.5, 0.6) is 0 Å². The highest BCUT2D eigenvalue weighted by Gasteiger charge is 2.30. The molecule has 0 unspecified atom stereocenters. The molecule has 0 aliphatic carbocycles. The Morgan fingerprint density at radius 2 is 1.93 bits per heavy atom. The number of carbonyl (C=O) groups is 2. The van der Waals surface area contributed by atoms with E-state index in [4.69, 9.17) is 4.74 Å². The molecule has 0 atom stereocenters. The minimum atomic E-state index is -4.49. The Morgan fingerprint density at radius 1 is 1.19 bits per heavy atom. The van der Waals surface area contributed by atoms with E-state index in [0.717, 1.165) is 12.1 Å². The van der Waals surface area contributed by atoms with Crippen LogP contribution in [0.4, 0.5) is 24.7 Å². The van der Waals surface area contributed by atoms with Gasteiger partial charge in [-0.3, -0.25) is 4.79 Å². The average molecular weight is 381 g/mol. The average Bonchev–Trinajstić information content (AvgIpc) is 2.59. The maximum absolute atomic E-state index is 12.8. The second-order valence-electron chi connectivity index (χ2n) is 5.90. The third-order valence-electron chi connectivity index (χ3n) is 3.26. The van der Waals surface area contributed by atoms with E-state index < -0.39 is 30.2 Å². The summed E-state index contributed by atoms with van der Waals surface area (Å²) in [6.07, 6.45) is -3.12. The van der Waals surface area contributed by atoms with Gasteiger partial charge in [-0.15, -0.1) is 0 Å². The summed E-state index contributed by atoms with van der Waals surface area (Å²) < 4.78 is 43.4. The van der Waals surface area contributed by atoms with Gasteiger partial charge in [0.2, 0.25) is 0 Å². The Kier molecular flexibility index (Phi) is 6.38. The van der Waals surface area contributed by atoms with Crippen LogP contribution in [0.2, 0.25) is 0 Å². The van der Waals surface area contributed by atoms with Gasteiger partial charge >= 0.3 is 12.1 Å². The highest BCUT2D eigenvalue weighted by atomic mass is 19.4. The van der Waals surface area contributed by atoms with Gasteiger partial charge in [0.15, 0.2) is 6.61 Å². The van der Waals surface area contributed by atoms with E-state index >= 15 is 0 Å². The lowest BCUT2D eigenvalue weighted by molar-refractivity contribution is -0.137. The van der Waals surface area contributed by atoms with E-state index in [2.05, 4.69) is 15.6 Å². The topological polar surface area (TPSA) is 80.3 Å². The molecule has 0 aliphatic heterocycles. The van der Waals surface area contributed by atoms with Gasteiger partial charge < -0.3 is 15.4 Å². The molecular weight excluding hydrogens is 363 g/mol. The first-order valence-electron chi connectivity index (χ1n) is 8.02. The molecule has 1 amide bonds. The number of alkyl halides is 3. The van der Waals surface area contributed by atoms with Crippen LogP contribution in [0.3, 0.4) is 0 Å². The Hall–Kier alpha value is -3.10. The van der Waals surface area contributed by atoms with Crippen LogP contribution in [0, 0.1) is 0 Å². The van der Waals surface area contributed by atoms with Gasteiger partial charge in [-0.2, -0.15) is 13.2 Å². The summed E-state index contributed by atoms with van der Waals surface area (Å²) in [6.45, 7) is 3.05. The SMILES string of the molecule is CC(C)NC(=O)COC(=O)c1cccnc1Nc1cccc(C(F)(F)F)c1. The van der Waals surface area contributed by atoms with Gasteiger partial charge in [-0.05, 0) is 44.2 Å². The van der Waals surface area contributed by atoms with Gasteiger partial charge in [0.25, 0.3) is 5.91 Å². The number of hydrogen-bond acceptors (Lipinski definition) is 5. The number of halogens is 3. The number of esters is 1. The zero-order chi connectivity index (χ0) is 20.0.